The lowest BCUT2D eigenvalue weighted by Crippen LogP contribution is -2.46. The third-order valence-electron chi connectivity index (χ3n) is 5.86. The number of sulfone groups is 1. The zero-order chi connectivity index (χ0) is 25.2. The molecule has 35 heavy (non-hydrogen) atoms. The molecule has 3 heterocycles. The van der Waals surface area contributed by atoms with E-state index in [9.17, 15) is 21.6 Å². The van der Waals surface area contributed by atoms with Gasteiger partial charge in [-0.3, -0.25) is 15.1 Å². The van der Waals surface area contributed by atoms with Crippen molar-refractivity contribution in [2.24, 2.45) is 5.10 Å². The van der Waals surface area contributed by atoms with Crippen molar-refractivity contribution in [2.75, 3.05) is 57.9 Å². The van der Waals surface area contributed by atoms with E-state index < -0.39 is 25.8 Å². The first-order valence-corrected chi connectivity index (χ1v) is 15.3. The van der Waals surface area contributed by atoms with Gasteiger partial charge in [-0.25, -0.2) is 21.8 Å². The molecule has 14 heteroatoms. The molecule has 0 radical (unpaired) electrons. The van der Waals surface area contributed by atoms with E-state index in [0.29, 0.717) is 44.8 Å². The standard InChI is InChI=1S/C21H28N6O5S3/c1-25-11-13-27(14-12-25)35(31,32)18-15-22-21(33-18)23-20(28)19(24-26-9-3-4-10-26)16-5-7-17(8-6-16)34(2,29)30/h5-8,15H,3-4,9-14H2,1-2H3,(H,22,23,28)/b24-19+. The first kappa shape index (κ1) is 25.7. The normalized spacial score (nSPS) is 18.7. The van der Waals surface area contributed by atoms with Crippen molar-refractivity contribution < 1.29 is 21.6 Å². The van der Waals surface area contributed by atoms with Gasteiger partial charge in [0.25, 0.3) is 15.9 Å². The highest BCUT2D eigenvalue weighted by Crippen LogP contribution is 2.27. The van der Waals surface area contributed by atoms with E-state index in [1.165, 1.54) is 34.8 Å². The molecule has 2 fully saturated rings. The SMILES string of the molecule is CN1CCN(S(=O)(=O)c2cnc(NC(=O)/C(=N/N3CCCC3)c3ccc(S(C)(=O)=O)cc3)s2)CC1. The molecule has 0 saturated carbocycles. The first-order valence-electron chi connectivity index (χ1n) is 11.1. The van der Waals surface area contributed by atoms with E-state index in [0.717, 1.165) is 30.4 Å². The quantitative estimate of drug-likeness (QED) is 0.513. The number of sulfonamides is 1. The van der Waals surface area contributed by atoms with Crippen LogP contribution in [0.4, 0.5) is 5.13 Å². The van der Waals surface area contributed by atoms with Crippen LogP contribution in [0.2, 0.25) is 0 Å². The van der Waals surface area contributed by atoms with E-state index >= 15 is 0 Å². The fourth-order valence-electron chi connectivity index (χ4n) is 3.78. The predicted octanol–water partition coefficient (Wildman–Crippen LogP) is 0.921. The Hall–Kier alpha value is -2.39. The Morgan fingerprint density at radius 1 is 1.00 bits per heavy atom. The number of rotatable bonds is 7. The number of hydrogen-bond acceptors (Lipinski definition) is 10. The molecule has 11 nitrogen and oxygen atoms in total. The minimum Gasteiger partial charge on any atom is -0.304 e. The monoisotopic (exact) mass is 540 g/mol. The largest absolute Gasteiger partial charge is 0.304 e. The number of benzene rings is 1. The highest BCUT2D eigenvalue weighted by atomic mass is 32.2. The van der Waals surface area contributed by atoms with Gasteiger partial charge in [-0.15, -0.1) is 0 Å². The van der Waals surface area contributed by atoms with Gasteiger partial charge in [0.2, 0.25) is 0 Å². The highest BCUT2D eigenvalue weighted by molar-refractivity contribution is 7.91. The van der Waals surface area contributed by atoms with Crippen LogP contribution in [0.5, 0.6) is 0 Å². The van der Waals surface area contributed by atoms with Crippen molar-refractivity contribution in [1.29, 1.82) is 0 Å². The molecule has 1 aromatic carbocycles. The number of thiazole rings is 1. The summed E-state index contributed by atoms with van der Waals surface area (Å²) >= 11 is 0.890. The van der Waals surface area contributed by atoms with Crippen molar-refractivity contribution in [2.45, 2.75) is 21.9 Å². The second-order valence-electron chi connectivity index (χ2n) is 8.55. The van der Waals surface area contributed by atoms with Gasteiger partial charge in [-0.05, 0) is 32.0 Å². The Balaban J connectivity index is 1.55. The van der Waals surface area contributed by atoms with Crippen LogP contribution in [0.1, 0.15) is 18.4 Å². The number of carbonyl (C=O) groups excluding carboxylic acids is 1. The van der Waals surface area contributed by atoms with Gasteiger partial charge in [-0.2, -0.15) is 9.41 Å². The summed E-state index contributed by atoms with van der Waals surface area (Å²) in [6, 6.07) is 5.94. The van der Waals surface area contributed by atoms with E-state index in [-0.39, 0.29) is 19.9 Å². The Kier molecular flexibility index (Phi) is 7.57. The second kappa shape index (κ2) is 10.3. The molecule has 1 aromatic heterocycles. The number of anilines is 1. The molecule has 190 valence electrons. The molecule has 4 rings (SSSR count). The number of piperazine rings is 1. The van der Waals surface area contributed by atoms with Crippen LogP contribution in [-0.2, 0) is 24.7 Å². The molecule has 1 amide bonds. The van der Waals surface area contributed by atoms with Gasteiger partial charge in [0, 0.05) is 51.1 Å². The molecule has 0 spiro atoms. The average molecular weight is 541 g/mol. The molecule has 1 N–H and O–H groups in total. The molecule has 0 aliphatic carbocycles. The van der Waals surface area contributed by atoms with Crippen LogP contribution < -0.4 is 5.32 Å². The Morgan fingerprint density at radius 2 is 1.63 bits per heavy atom. The number of likely N-dealkylation sites (N-methyl/N-ethyl adjacent to an activating group) is 1. The van der Waals surface area contributed by atoms with Gasteiger partial charge in [0.15, 0.2) is 24.9 Å². The van der Waals surface area contributed by atoms with Gasteiger partial charge >= 0.3 is 0 Å². The number of carbonyl (C=O) groups is 1. The molecular formula is C21H28N6O5S3. The van der Waals surface area contributed by atoms with Gasteiger partial charge in [-0.1, -0.05) is 23.5 Å². The molecule has 0 bridgehead atoms. The molecule has 0 atom stereocenters. The van der Waals surface area contributed by atoms with Crippen LogP contribution in [0.15, 0.2) is 44.7 Å². The maximum atomic E-state index is 13.2. The molecule has 2 saturated heterocycles. The summed E-state index contributed by atoms with van der Waals surface area (Å²) in [6.07, 6.45) is 4.30. The molecule has 0 unspecified atom stereocenters. The van der Waals surface area contributed by atoms with Crippen molar-refractivity contribution in [3.05, 3.63) is 36.0 Å². The van der Waals surface area contributed by atoms with Crippen LogP contribution in [0.3, 0.4) is 0 Å². The summed E-state index contributed by atoms with van der Waals surface area (Å²) in [5.74, 6) is -0.554. The van der Waals surface area contributed by atoms with Gasteiger partial charge in [0.05, 0.1) is 11.1 Å². The molecule has 2 aliphatic rings. The topological polar surface area (TPSA) is 132 Å². The van der Waals surface area contributed by atoms with E-state index in [2.05, 4.69) is 20.3 Å². The summed E-state index contributed by atoms with van der Waals surface area (Å²) in [4.78, 5) is 19.5. The van der Waals surface area contributed by atoms with E-state index in [1.54, 1.807) is 5.01 Å². The van der Waals surface area contributed by atoms with Gasteiger partial charge < -0.3 is 4.90 Å². The predicted molar refractivity (Wildman–Crippen MR) is 134 cm³/mol. The Morgan fingerprint density at radius 3 is 2.23 bits per heavy atom. The number of hydrogen-bond donors (Lipinski definition) is 1. The zero-order valence-electron chi connectivity index (χ0n) is 19.5. The lowest BCUT2D eigenvalue weighted by atomic mass is 10.1. The number of aromatic nitrogens is 1. The molecule has 2 aromatic rings. The Labute approximate surface area is 209 Å². The summed E-state index contributed by atoms with van der Waals surface area (Å²) in [5, 5.41) is 9.11. The van der Waals surface area contributed by atoms with Crippen molar-refractivity contribution in [1.82, 2.24) is 19.2 Å². The van der Waals surface area contributed by atoms with Crippen molar-refractivity contribution >= 4 is 47.9 Å². The number of nitrogens with zero attached hydrogens (tertiary/aromatic N) is 5. The van der Waals surface area contributed by atoms with E-state index in [4.69, 9.17) is 0 Å². The number of nitrogens with one attached hydrogen (secondary N) is 1. The highest BCUT2D eigenvalue weighted by Gasteiger charge is 2.30. The Bertz CT molecular complexity index is 1310. The summed E-state index contributed by atoms with van der Waals surface area (Å²) < 4.78 is 51.0. The van der Waals surface area contributed by atoms with Crippen LogP contribution in [0, 0.1) is 0 Å². The van der Waals surface area contributed by atoms with Crippen LogP contribution in [-0.4, -0.2) is 100 Å². The van der Waals surface area contributed by atoms with Crippen molar-refractivity contribution in [3.8, 4) is 0 Å². The fraction of sp³-hybridized carbons (Fsp3) is 0.476. The summed E-state index contributed by atoms with van der Waals surface area (Å²) in [7, 11) is -5.13. The minimum atomic E-state index is -3.69. The smallest absolute Gasteiger partial charge is 0.278 e. The third-order valence-corrected chi connectivity index (χ3v) is 10.2. The molecular weight excluding hydrogens is 512 g/mol. The third kappa shape index (κ3) is 6.06. The second-order valence-corrected chi connectivity index (χ2v) is 13.8. The maximum Gasteiger partial charge on any atom is 0.278 e. The number of hydrazone groups is 1. The van der Waals surface area contributed by atoms with Crippen LogP contribution >= 0.6 is 11.3 Å². The fourth-order valence-corrected chi connectivity index (χ4v) is 7.02. The lowest BCUT2D eigenvalue weighted by Gasteiger charge is -2.30. The maximum absolute atomic E-state index is 13.2. The number of amides is 1. The average Bonchev–Trinajstić information content (AvgIpc) is 3.50. The minimum absolute atomic E-state index is 0.0629. The van der Waals surface area contributed by atoms with Crippen LogP contribution in [0.25, 0.3) is 0 Å². The van der Waals surface area contributed by atoms with E-state index in [1.807, 2.05) is 7.05 Å². The zero-order valence-corrected chi connectivity index (χ0v) is 22.0. The first-order chi connectivity index (χ1) is 16.5. The van der Waals surface area contributed by atoms with Gasteiger partial charge in [0.1, 0.15) is 0 Å². The summed E-state index contributed by atoms with van der Waals surface area (Å²) in [6.45, 7) is 3.51. The lowest BCUT2D eigenvalue weighted by molar-refractivity contribution is -0.110. The molecule has 2 aliphatic heterocycles. The van der Waals surface area contributed by atoms with Crippen molar-refractivity contribution in [3.63, 3.8) is 0 Å². The summed E-state index contributed by atoms with van der Waals surface area (Å²) in [5.41, 5.74) is 0.550.